The maximum atomic E-state index is 6.12. The van der Waals surface area contributed by atoms with Gasteiger partial charge in [-0.1, -0.05) is 13.8 Å². The molecule has 6 heteroatoms. The third kappa shape index (κ3) is 4.18. The van der Waals surface area contributed by atoms with Gasteiger partial charge in [-0.05, 0) is 43.3 Å². The summed E-state index contributed by atoms with van der Waals surface area (Å²) in [7, 11) is -1.55. The van der Waals surface area contributed by atoms with Crippen LogP contribution in [0.1, 0.15) is 13.8 Å². The second-order valence-electron chi connectivity index (χ2n) is 7.23. The van der Waals surface area contributed by atoms with E-state index in [1.807, 2.05) is 24.3 Å². The van der Waals surface area contributed by atoms with Gasteiger partial charge in [0.2, 0.25) is 6.79 Å². The number of hydrogen-bond donors (Lipinski definition) is 1. The van der Waals surface area contributed by atoms with E-state index in [2.05, 4.69) is 37.2 Å². The summed E-state index contributed by atoms with van der Waals surface area (Å²) in [6.45, 7) is 10.8. The van der Waals surface area contributed by atoms with Crippen LogP contribution < -0.4 is 14.8 Å². The van der Waals surface area contributed by atoms with Gasteiger partial charge in [0.15, 0.2) is 19.8 Å². The number of ether oxygens (including phenoxy) is 2. The van der Waals surface area contributed by atoms with Gasteiger partial charge in [0.05, 0.1) is 12.1 Å². The minimum Gasteiger partial charge on any atom is -0.454 e. The molecule has 0 spiro atoms. The molecule has 0 fully saturated rings. The molecule has 0 saturated heterocycles. The average Bonchev–Trinajstić information content (AvgIpc) is 2.95. The third-order valence-corrected chi connectivity index (χ3v) is 6.77. The fourth-order valence-electron chi connectivity index (χ4n) is 3.16. The summed E-state index contributed by atoms with van der Waals surface area (Å²) >= 11 is 0. The number of fused-ring (bicyclic) bond motifs is 2. The summed E-state index contributed by atoms with van der Waals surface area (Å²) in [5.74, 6) is 3.09. The van der Waals surface area contributed by atoms with Crippen molar-refractivity contribution in [3.8, 4) is 11.5 Å². The van der Waals surface area contributed by atoms with E-state index in [-0.39, 0.29) is 6.79 Å². The number of anilines is 1. The summed E-state index contributed by atoms with van der Waals surface area (Å²) in [4.78, 5) is 4.64. The molecule has 1 aromatic heterocycles. The molecule has 0 radical (unpaired) electrons. The molecule has 5 nitrogen and oxygen atoms in total. The normalized spacial score (nSPS) is 13.7. The Morgan fingerprint density at radius 3 is 2.71 bits per heavy atom. The van der Waals surface area contributed by atoms with Crippen molar-refractivity contribution in [1.29, 1.82) is 0 Å². The van der Waals surface area contributed by atoms with Crippen LogP contribution in [0.4, 0.5) is 5.82 Å². The van der Waals surface area contributed by atoms with Gasteiger partial charge in [0.1, 0.15) is 5.82 Å². The minimum atomic E-state index is -1.55. The average molecular weight is 347 g/mol. The third-order valence-electron chi connectivity index (χ3n) is 3.98. The largest absolute Gasteiger partial charge is 0.454 e. The predicted molar refractivity (Wildman–Crippen MR) is 99.4 cm³/mol. The molecule has 0 atom stereocenters. The first kappa shape index (κ1) is 17.0. The number of nitrogens with zero attached hydrogens (tertiary/aromatic N) is 1. The van der Waals surface area contributed by atoms with E-state index in [1.165, 1.54) is 6.04 Å². The summed E-state index contributed by atoms with van der Waals surface area (Å²) in [5, 5.41) is 4.39. The van der Waals surface area contributed by atoms with Gasteiger partial charge >= 0.3 is 0 Å². The highest BCUT2D eigenvalue weighted by Gasteiger charge is 2.23. The molecule has 1 aromatic carbocycles. The zero-order valence-corrected chi connectivity index (χ0v) is 15.9. The van der Waals surface area contributed by atoms with Gasteiger partial charge in [-0.2, -0.15) is 0 Å². The van der Waals surface area contributed by atoms with Crippen molar-refractivity contribution in [2.24, 2.45) is 5.92 Å². The smallest absolute Gasteiger partial charge is 0.231 e. The molecule has 0 aliphatic carbocycles. The standard InChI is InChI=1S/C18H26N2O3Si/c1-13(2)11-24(3,4)23-8-7-19-18-6-5-14-9-16-17(22-12-21-16)10-15(14)20-18/h5-6,9-10,13H,7-8,11-12H2,1-4H3,(H,19,20). The molecule has 24 heavy (non-hydrogen) atoms. The molecular formula is C18H26N2O3Si. The van der Waals surface area contributed by atoms with Crippen molar-refractivity contribution < 1.29 is 13.9 Å². The first-order valence-electron chi connectivity index (χ1n) is 8.51. The van der Waals surface area contributed by atoms with E-state index < -0.39 is 8.32 Å². The second kappa shape index (κ2) is 6.99. The lowest BCUT2D eigenvalue weighted by molar-refractivity contribution is 0.174. The van der Waals surface area contributed by atoms with Gasteiger partial charge in [0.25, 0.3) is 0 Å². The lowest BCUT2D eigenvalue weighted by atomic mass is 10.2. The van der Waals surface area contributed by atoms with E-state index in [9.17, 15) is 0 Å². The van der Waals surface area contributed by atoms with Gasteiger partial charge < -0.3 is 19.2 Å². The highest BCUT2D eigenvalue weighted by atomic mass is 28.4. The van der Waals surface area contributed by atoms with Crippen LogP contribution in [0.15, 0.2) is 24.3 Å². The first-order valence-corrected chi connectivity index (χ1v) is 11.6. The highest BCUT2D eigenvalue weighted by molar-refractivity contribution is 6.71. The molecule has 0 amide bonds. The zero-order valence-electron chi connectivity index (χ0n) is 14.9. The minimum absolute atomic E-state index is 0.282. The maximum absolute atomic E-state index is 6.12. The number of nitrogens with one attached hydrogen (secondary N) is 1. The van der Waals surface area contributed by atoms with Crippen LogP contribution in [0.25, 0.3) is 10.9 Å². The molecule has 0 saturated carbocycles. The van der Waals surface area contributed by atoms with Gasteiger partial charge in [0, 0.05) is 18.0 Å². The summed E-state index contributed by atoms with van der Waals surface area (Å²) in [6, 6.07) is 9.12. The maximum Gasteiger partial charge on any atom is 0.231 e. The molecular weight excluding hydrogens is 320 g/mol. The van der Waals surface area contributed by atoms with Crippen molar-refractivity contribution in [3.05, 3.63) is 24.3 Å². The number of hydrogen-bond acceptors (Lipinski definition) is 5. The molecule has 2 aromatic rings. The summed E-state index contributed by atoms with van der Waals surface area (Å²) in [5.41, 5.74) is 0.902. The molecule has 1 aliphatic heterocycles. The molecule has 2 heterocycles. The Balaban J connectivity index is 1.57. The Morgan fingerprint density at radius 1 is 1.21 bits per heavy atom. The van der Waals surface area contributed by atoms with Gasteiger partial charge in [-0.25, -0.2) is 4.98 Å². The zero-order chi connectivity index (χ0) is 17.2. The number of pyridine rings is 1. The first-order chi connectivity index (χ1) is 11.4. The van der Waals surface area contributed by atoms with Gasteiger partial charge in [-0.3, -0.25) is 0 Å². The molecule has 1 N–H and O–H groups in total. The topological polar surface area (TPSA) is 52.6 Å². The van der Waals surface area contributed by atoms with Crippen LogP contribution in [-0.2, 0) is 4.43 Å². The lowest BCUT2D eigenvalue weighted by Crippen LogP contribution is -2.33. The van der Waals surface area contributed by atoms with E-state index in [0.717, 1.165) is 34.8 Å². The Labute approximate surface area is 144 Å². The van der Waals surface area contributed by atoms with Crippen LogP contribution in [0.3, 0.4) is 0 Å². The SMILES string of the molecule is CC(C)C[Si](C)(C)OCCNc1ccc2cc3c(cc2n1)OCO3. The van der Waals surface area contributed by atoms with Crippen LogP contribution >= 0.6 is 0 Å². The van der Waals surface area contributed by atoms with Crippen molar-refractivity contribution in [2.75, 3.05) is 25.3 Å². The summed E-state index contributed by atoms with van der Waals surface area (Å²) in [6.07, 6.45) is 0. The quantitative estimate of drug-likeness (QED) is 0.600. The van der Waals surface area contributed by atoms with Crippen LogP contribution in [0.5, 0.6) is 11.5 Å². The number of aromatic nitrogens is 1. The van der Waals surface area contributed by atoms with Crippen molar-refractivity contribution in [2.45, 2.75) is 33.0 Å². The van der Waals surface area contributed by atoms with Crippen molar-refractivity contribution in [1.82, 2.24) is 4.98 Å². The Bertz CT molecular complexity index is 719. The van der Waals surface area contributed by atoms with E-state index in [0.29, 0.717) is 12.5 Å². The Hall–Kier alpha value is -1.79. The Morgan fingerprint density at radius 2 is 1.96 bits per heavy atom. The van der Waals surface area contributed by atoms with Crippen LogP contribution in [0.2, 0.25) is 19.1 Å². The molecule has 130 valence electrons. The van der Waals surface area contributed by atoms with E-state index in [1.54, 1.807) is 0 Å². The fraction of sp³-hybridized carbons (Fsp3) is 0.500. The van der Waals surface area contributed by atoms with Crippen LogP contribution in [0, 0.1) is 5.92 Å². The summed E-state index contributed by atoms with van der Waals surface area (Å²) < 4.78 is 16.9. The number of benzene rings is 1. The lowest BCUT2D eigenvalue weighted by Gasteiger charge is -2.24. The molecule has 1 aliphatic rings. The monoisotopic (exact) mass is 346 g/mol. The predicted octanol–water partition coefficient (Wildman–Crippen LogP) is 4.25. The fourth-order valence-corrected chi connectivity index (χ4v) is 5.90. The van der Waals surface area contributed by atoms with Crippen molar-refractivity contribution in [3.63, 3.8) is 0 Å². The van der Waals surface area contributed by atoms with Crippen LogP contribution in [-0.4, -0.2) is 33.2 Å². The Kier molecular flexibility index (Phi) is 4.96. The molecule has 0 unspecified atom stereocenters. The molecule has 0 bridgehead atoms. The second-order valence-corrected chi connectivity index (χ2v) is 11.4. The number of rotatable bonds is 7. The van der Waals surface area contributed by atoms with Gasteiger partial charge in [-0.15, -0.1) is 0 Å². The molecule has 3 rings (SSSR count). The highest BCUT2D eigenvalue weighted by Crippen LogP contribution is 2.35. The van der Waals surface area contributed by atoms with Crippen molar-refractivity contribution >= 4 is 25.0 Å². The van der Waals surface area contributed by atoms with E-state index in [4.69, 9.17) is 13.9 Å². The van der Waals surface area contributed by atoms with E-state index >= 15 is 0 Å².